The molecule has 4 heteroatoms. The van der Waals surface area contributed by atoms with Crippen LogP contribution in [0.1, 0.15) is 0 Å². The van der Waals surface area contributed by atoms with E-state index >= 15 is 0 Å². The molecule has 0 aliphatic rings. The lowest BCUT2D eigenvalue weighted by Gasteiger charge is -1.82. The van der Waals surface area contributed by atoms with Gasteiger partial charge in [-0.05, 0) is 12.8 Å². The van der Waals surface area contributed by atoms with E-state index in [0.717, 1.165) is 23.9 Å². The van der Waals surface area contributed by atoms with Crippen molar-refractivity contribution >= 4 is 32.6 Å². The molecule has 0 radical (unpaired) electrons. The molecule has 0 spiro atoms. The number of aromatic nitrogens is 1. The average molecular weight is 201 g/mol. The van der Waals surface area contributed by atoms with Crippen LogP contribution in [0.3, 0.4) is 0 Å². The van der Waals surface area contributed by atoms with E-state index in [1.165, 1.54) is 11.3 Å². The molecule has 2 nitrogen and oxygen atoms in total. The Morgan fingerprint density at radius 2 is 2.42 bits per heavy atom. The molecular formula is C8H12NOPS. The second-order valence-electron chi connectivity index (χ2n) is 2.49. The van der Waals surface area contributed by atoms with Crippen molar-refractivity contribution in [1.82, 2.24) is 4.57 Å². The van der Waals surface area contributed by atoms with Crippen LogP contribution in [-0.4, -0.2) is 17.4 Å². The highest BCUT2D eigenvalue weighted by Gasteiger charge is 1.95. The highest BCUT2D eigenvalue weighted by atomic mass is 32.1. The van der Waals surface area contributed by atoms with Gasteiger partial charge in [0.05, 0.1) is 9.20 Å². The SMILES string of the molecule is C=c1s/c(=C/CPC)c(=O)n1C. The van der Waals surface area contributed by atoms with Crippen molar-refractivity contribution in [3.05, 3.63) is 19.5 Å². The Morgan fingerprint density at radius 3 is 2.83 bits per heavy atom. The summed E-state index contributed by atoms with van der Waals surface area (Å²) in [5.41, 5.74) is 0.0863. The molecular weight excluding hydrogens is 189 g/mol. The smallest absolute Gasteiger partial charge is 0.268 e. The zero-order valence-electron chi connectivity index (χ0n) is 7.26. The molecule has 0 amide bonds. The van der Waals surface area contributed by atoms with Crippen molar-refractivity contribution in [3.63, 3.8) is 0 Å². The quantitative estimate of drug-likeness (QED) is 0.615. The maximum Gasteiger partial charge on any atom is 0.268 e. The zero-order chi connectivity index (χ0) is 9.14. The second kappa shape index (κ2) is 4.01. The summed E-state index contributed by atoms with van der Waals surface area (Å²) < 4.78 is 3.25. The first-order valence-electron chi connectivity index (χ1n) is 3.66. The Bertz CT molecular complexity index is 417. The molecule has 0 N–H and O–H groups in total. The normalized spacial score (nSPS) is 13.3. The number of nitrogens with zero attached hydrogens (tertiary/aromatic N) is 1. The van der Waals surface area contributed by atoms with E-state index in [1.54, 1.807) is 11.6 Å². The van der Waals surface area contributed by atoms with E-state index in [2.05, 4.69) is 13.2 Å². The molecule has 1 unspecified atom stereocenters. The van der Waals surface area contributed by atoms with Gasteiger partial charge >= 0.3 is 0 Å². The number of rotatable bonds is 2. The van der Waals surface area contributed by atoms with Gasteiger partial charge in [0.15, 0.2) is 0 Å². The lowest BCUT2D eigenvalue weighted by molar-refractivity contribution is 0.859. The van der Waals surface area contributed by atoms with Crippen LogP contribution in [0.25, 0.3) is 12.7 Å². The summed E-state index contributed by atoms with van der Waals surface area (Å²) in [6.07, 6.45) is 3.00. The third kappa shape index (κ3) is 1.85. The Balaban J connectivity index is 3.28. The first-order chi connectivity index (χ1) is 5.66. The van der Waals surface area contributed by atoms with Crippen LogP contribution in [0, 0.1) is 0 Å². The number of hydrogen-bond donors (Lipinski definition) is 0. The fourth-order valence-electron chi connectivity index (χ4n) is 0.841. The summed E-state index contributed by atoms with van der Waals surface area (Å²) >= 11 is 1.47. The molecule has 0 fully saturated rings. The minimum atomic E-state index is 0.0863. The van der Waals surface area contributed by atoms with Crippen molar-refractivity contribution in [2.24, 2.45) is 7.05 Å². The van der Waals surface area contributed by atoms with E-state index in [4.69, 9.17) is 0 Å². The van der Waals surface area contributed by atoms with Crippen molar-refractivity contribution in [3.8, 4) is 0 Å². The molecule has 0 aromatic carbocycles. The molecule has 0 aliphatic heterocycles. The van der Waals surface area contributed by atoms with Gasteiger partial charge in [-0.25, -0.2) is 0 Å². The summed E-state index contributed by atoms with van der Waals surface area (Å²) in [7, 11) is 2.62. The molecule has 1 aromatic heterocycles. The highest BCUT2D eigenvalue weighted by molar-refractivity contribution is 7.37. The molecule has 1 rings (SSSR count). The Morgan fingerprint density at radius 1 is 1.75 bits per heavy atom. The van der Waals surface area contributed by atoms with Gasteiger partial charge in [-0.2, -0.15) is 0 Å². The van der Waals surface area contributed by atoms with Crippen LogP contribution in [-0.2, 0) is 7.05 Å². The predicted octanol–water partition coefficient (Wildman–Crippen LogP) is -0.0541. The third-order valence-corrected chi connectivity index (χ3v) is 3.29. The van der Waals surface area contributed by atoms with Crippen LogP contribution in [0.2, 0.25) is 0 Å². The summed E-state index contributed by atoms with van der Waals surface area (Å²) in [4.78, 5) is 11.4. The summed E-state index contributed by atoms with van der Waals surface area (Å²) in [5.74, 6) is 0. The van der Waals surface area contributed by atoms with Gasteiger partial charge in [0.1, 0.15) is 0 Å². The topological polar surface area (TPSA) is 22.0 Å². The fraction of sp³-hybridized carbons (Fsp3) is 0.375. The maximum absolute atomic E-state index is 11.4. The molecule has 0 saturated carbocycles. The van der Waals surface area contributed by atoms with Gasteiger partial charge in [0, 0.05) is 7.05 Å². The molecule has 66 valence electrons. The summed E-state index contributed by atoms with van der Waals surface area (Å²) in [5, 5.41) is 0. The first kappa shape index (κ1) is 9.69. The van der Waals surface area contributed by atoms with E-state index in [9.17, 15) is 4.79 Å². The minimum Gasteiger partial charge on any atom is -0.303 e. The summed E-state index contributed by atoms with van der Waals surface area (Å²) in [6.45, 7) is 5.90. The van der Waals surface area contributed by atoms with Gasteiger partial charge in [-0.3, -0.25) is 4.79 Å². The van der Waals surface area contributed by atoms with Crippen LogP contribution in [0.15, 0.2) is 4.79 Å². The largest absolute Gasteiger partial charge is 0.303 e. The number of hydrogen-bond acceptors (Lipinski definition) is 2. The van der Waals surface area contributed by atoms with E-state index in [-0.39, 0.29) is 5.56 Å². The Labute approximate surface area is 77.0 Å². The van der Waals surface area contributed by atoms with Crippen LogP contribution < -0.4 is 14.8 Å². The maximum atomic E-state index is 11.4. The lowest BCUT2D eigenvalue weighted by Crippen LogP contribution is -2.28. The first-order valence-corrected chi connectivity index (χ1v) is 6.18. The summed E-state index contributed by atoms with van der Waals surface area (Å²) in [6, 6.07) is 0. The van der Waals surface area contributed by atoms with Crippen LogP contribution in [0.4, 0.5) is 0 Å². The molecule has 1 heterocycles. The van der Waals surface area contributed by atoms with Crippen LogP contribution >= 0.6 is 19.9 Å². The van der Waals surface area contributed by atoms with Gasteiger partial charge in [0.25, 0.3) is 5.56 Å². The van der Waals surface area contributed by atoms with Gasteiger partial charge in [-0.15, -0.1) is 19.9 Å². The molecule has 12 heavy (non-hydrogen) atoms. The van der Waals surface area contributed by atoms with Gasteiger partial charge in [0.2, 0.25) is 0 Å². The fourth-order valence-corrected chi connectivity index (χ4v) is 2.26. The average Bonchev–Trinajstić information content (AvgIpc) is 2.30. The van der Waals surface area contributed by atoms with Gasteiger partial charge in [-0.1, -0.05) is 12.7 Å². The molecule has 1 aromatic rings. The van der Waals surface area contributed by atoms with Crippen molar-refractivity contribution < 1.29 is 0 Å². The lowest BCUT2D eigenvalue weighted by atomic mass is 10.6. The second-order valence-corrected chi connectivity index (χ2v) is 4.72. The third-order valence-electron chi connectivity index (χ3n) is 1.61. The van der Waals surface area contributed by atoms with Gasteiger partial charge < -0.3 is 4.57 Å². The zero-order valence-corrected chi connectivity index (χ0v) is 9.07. The highest BCUT2D eigenvalue weighted by Crippen LogP contribution is 1.99. The number of thiazole rings is 1. The molecule has 1 atom stereocenters. The van der Waals surface area contributed by atoms with Crippen LogP contribution in [0.5, 0.6) is 0 Å². The monoisotopic (exact) mass is 201 g/mol. The van der Waals surface area contributed by atoms with Crippen molar-refractivity contribution in [2.45, 2.75) is 0 Å². The standard InChI is InChI=1S/C8H12NOPS/c1-6-9(2)8(10)7(12-6)4-5-11-3/h4,11H,1,5H2,2-3H3/b7-4+. The Kier molecular flexibility index (Phi) is 3.24. The van der Waals surface area contributed by atoms with Crippen molar-refractivity contribution in [2.75, 3.05) is 12.8 Å². The molecule has 0 aliphatic carbocycles. The van der Waals surface area contributed by atoms with E-state index in [1.807, 2.05) is 6.08 Å². The van der Waals surface area contributed by atoms with Crippen molar-refractivity contribution in [1.29, 1.82) is 0 Å². The predicted molar refractivity (Wildman–Crippen MR) is 57.9 cm³/mol. The Hall–Kier alpha value is -0.400. The minimum absolute atomic E-state index is 0.0863. The molecule has 0 saturated heterocycles. The van der Waals surface area contributed by atoms with E-state index in [0.29, 0.717) is 0 Å². The molecule has 0 bridgehead atoms. The van der Waals surface area contributed by atoms with E-state index < -0.39 is 0 Å².